The van der Waals surface area contributed by atoms with Crippen molar-refractivity contribution in [3.63, 3.8) is 0 Å². The maximum Gasteiger partial charge on any atom is 0.235 e. The minimum absolute atomic E-state index is 0.125. The third kappa shape index (κ3) is 3.55. The molecule has 0 saturated carbocycles. The Morgan fingerprint density at radius 2 is 1.95 bits per heavy atom. The highest BCUT2D eigenvalue weighted by Crippen LogP contribution is 2.29. The summed E-state index contributed by atoms with van der Waals surface area (Å²) in [7, 11) is 0. The highest BCUT2D eigenvalue weighted by atomic mass is 16.7. The van der Waals surface area contributed by atoms with E-state index in [9.17, 15) is 0 Å². The van der Waals surface area contributed by atoms with E-state index >= 15 is 0 Å². The molecule has 1 aromatic carbocycles. The van der Waals surface area contributed by atoms with Crippen LogP contribution in [-0.4, -0.2) is 17.0 Å². The highest BCUT2D eigenvalue weighted by molar-refractivity contribution is 5.79. The van der Waals surface area contributed by atoms with Gasteiger partial charge in [-0.15, -0.1) is 0 Å². The molecule has 114 valence electrons. The summed E-state index contributed by atoms with van der Waals surface area (Å²) in [6, 6.07) is 11.5. The average molecular weight is 298 g/mol. The molecule has 1 aliphatic rings. The Bertz CT molecular complexity index is 639. The van der Waals surface area contributed by atoms with Gasteiger partial charge in [0.2, 0.25) is 5.90 Å². The monoisotopic (exact) mass is 298 g/mol. The van der Waals surface area contributed by atoms with Gasteiger partial charge in [-0.3, -0.25) is 4.98 Å². The number of rotatable bonds is 4. The third-order valence-corrected chi connectivity index (χ3v) is 3.14. The van der Waals surface area contributed by atoms with Gasteiger partial charge < -0.3 is 14.3 Å². The summed E-state index contributed by atoms with van der Waals surface area (Å²) in [6.07, 6.45) is 3.98. The molecule has 5 heteroatoms. The van der Waals surface area contributed by atoms with Crippen molar-refractivity contribution in [3.05, 3.63) is 54.4 Å². The zero-order chi connectivity index (χ0) is 15.4. The SMILES string of the molecule is CC(C)Oc1ccc([C@@H]2CC(Oc3cccnc3)=NO2)cc1. The topological polar surface area (TPSA) is 52.9 Å². The predicted molar refractivity (Wildman–Crippen MR) is 82.9 cm³/mol. The number of nitrogens with zero attached hydrogens (tertiary/aromatic N) is 2. The second kappa shape index (κ2) is 6.47. The van der Waals surface area contributed by atoms with Crippen molar-refractivity contribution in [1.82, 2.24) is 4.98 Å². The molecule has 1 atom stereocenters. The van der Waals surface area contributed by atoms with Crippen molar-refractivity contribution in [2.24, 2.45) is 5.16 Å². The molecule has 0 radical (unpaired) electrons. The molecule has 3 rings (SSSR count). The summed E-state index contributed by atoms with van der Waals surface area (Å²) >= 11 is 0. The molecule has 22 heavy (non-hydrogen) atoms. The fourth-order valence-corrected chi connectivity index (χ4v) is 2.17. The summed E-state index contributed by atoms with van der Waals surface area (Å²) in [5.41, 5.74) is 1.05. The summed E-state index contributed by atoms with van der Waals surface area (Å²) in [6.45, 7) is 4.01. The second-order valence-electron chi connectivity index (χ2n) is 5.31. The number of hydrogen-bond donors (Lipinski definition) is 0. The predicted octanol–water partition coefficient (Wildman–Crippen LogP) is 3.72. The highest BCUT2D eigenvalue weighted by Gasteiger charge is 2.24. The molecule has 0 amide bonds. The molecule has 0 fully saturated rings. The second-order valence-corrected chi connectivity index (χ2v) is 5.31. The largest absolute Gasteiger partial charge is 0.491 e. The molecule has 0 bridgehead atoms. The Labute approximate surface area is 129 Å². The summed E-state index contributed by atoms with van der Waals surface area (Å²) in [5.74, 6) is 2.07. The van der Waals surface area contributed by atoms with Gasteiger partial charge >= 0.3 is 0 Å². The fraction of sp³-hybridized carbons (Fsp3) is 0.294. The maximum atomic E-state index is 5.64. The molecule has 2 aromatic rings. The van der Waals surface area contributed by atoms with Gasteiger partial charge in [-0.2, -0.15) is 0 Å². The Morgan fingerprint density at radius 3 is 2.64 bits per heavy atom. The van der Waals surface area contributed by atoms with Crippen LogP contribution < -0.4 is 9.47 Å². The zero-order valence-electron chi connectivity index (χ0n) is 12.6. The van der Waals surface area contributed by atoms with Crippen LogP contribution in [0.15, 0.2) is 53.9 Å². The van der Waals surface area contributed by atoms with Crippen molar-refractivity contribution in [2.45, 2.75) is 32.5 Å². The van der Waals surface area contributed by atoms with Crippen molar-refractivity contribution in [1.29, 1.82) is 0 Å². The molecule has 5 nitrogen and oxygen atoms in total. The standard InChI is InChI=1S/C17H18N2O3/c1-12(2)20-14-7-5-13(6-8-14)16-10-17(19-22-16)21-15-4-3-9-18-11-15/h3-9,11-12,16H,10H2,1-2H3/t16-/m0/s1. The molecule has 0 N–H and O–H groups in total. The van der Waals surface area contributed by atoms with Crippen LogP contribution in [0.5, 0.6) is 11.5 Å². The Kier molecular flexibility index (Phi) is 4.23. The normalized spacial score (nSPS) is 17.0. The molecule has 1 aromatic heterocycles. The third-order valence-electron chi connectivity index (χ3n) is 3.14. The molecule has 1 aliphatic heterocycles. The number of oxime groups is 1. The minimum Gasteiger partial charge on any atom is -0.491 e. The van der Waals surface area contributed by atoms with Gasteiger partial charge in [0, 0.05) is 6.20 Å². The van der Waals surface area contributed by atoms with E-state index in [4.69, 9.17) is 14.3 Å². The van der Waals surface area contributed by atoms with Gasteiger partial charge in [0.1, 0.15) is 11.5 Å². The Hall–Kier alpha value is -2.56. The van der Waals surface area contributed by atoms with Crippen molar-refractivity contribution >= 4 is 5.90 Å². The summed E-state index contributed by atoms with van der Waals surface area (Å²) in [4.78, 5) is 9.45. The quantitative estimate of drug-likeness (QED) is 0.863. The molecule has 0 unspecified atom stereocenters. The van der Waals surface area contributed by atoms with E-state index in [-0.39, 0.29) is 12.2 Å². The van der Waals surface area contributed by atoms with Gasteiger partial charge in [-0.05, 0) is 43.7 Å². The van der Waals surface area contributed by atoms with Crippen LogP contribution in [0.25, 0.3) is 0 Å². The van der Waals surface area contributed by atoms with Gasteiger partial charge in [0.05, 0.1) is 18.7 Å². The first-order chi connectivity index (χ1) is 10.7. The van der Waals surface area contributed by atoms with Crippen LogP contribution in [0, 0.1) is 0 Å². The van der Waals surface area contributed by atoms with E-state index in [1.165, 1.54) is 0 Å². The van der Waals surface area contributed by atoms with Crippen molar-refractivity contribution < 1.29 is 14.3 Å². The van der Waals surface area contributed by atoms with E-state index in [2.05, 4.69) is 10.1 Å². The van der Waals surface area contributed by atoms with Crippen LogP contribution in [0.1, 0.15) is 31.9 Å². The lowest BCUT2D eigenvalue weighted by molar-refractivity contribution is 0.0854. The van der Waals surface area contributed by atoms with E-state index in [0.717, 1.165) is 11.3 Å². The molecule has 0 aliphatic carbocycles. The Balaban J connectivity index is 1.59. The Morgan fingerprint density at radius 1 is 1.14 bits per heavy atom. The first-order valence-electron chi connectivity index (χ1n) is 7.28. The van der Waals surface area contributed by atoms with Crippen molar-refractivity contribution in [3.8, 4) is 11.5 Å². The first-order valence-corrected chi connectivity index (χ1v) is 7.28. The molecular formula is C17H18N2O3. The molecular weight excluding hydrogens is 280 g/mol. The number of aromatic nitrogens is 1. The number of ether oxygens (including phenoxy) is 2. The molecule has 0 spiro atoms. The van der Waals surface area contributed by atoms with Crippen LogP contribution >= 0.6 is 0 Å². The fourth-order valence-electron chi connectivity index (χ4n) is 2.17. The average Bonchev–Trinajstić information content (AvgIpc) is 2.97. The molecule has 0 saturated heterocycles. The number of pyridine rings is 1. The van der Waals surface area contributed by atoms with Gasteiger partial charge in [0.15, 0.2) is 6.10 Å². The van der Waals surface area contributed by atoms with E-state index in [1.807, 2.05) is 50.2 Å². The van der Waals surface area contributed by atoms with Crippen molar-refractivity contribution in [2.75, 3.05) is 0 Å². The van der Waals surface area contributed by atoms with Gasteiger partial charge in [-0.25, -0.2) is 0 Å². The van der Waals surface area contributed by atoms with Crippen LogP contribution in [0.2, 0.25) is 0 Å². The lowest BCUT2D eigenvalue weighted by atomic mass is 10.1. The van der Waals surface area contributed by atoms with Gasteiger partial charge in [-0.1, -0.05) is 17.3 Å². The number of benzene rings is 1. The smallest absolute Gasteiger partial charge is 0.235 e. The maximum absolute atomic E-state index is 5.64. The lowest BCUT2D eigenvalue weighted by Gasteiger charge is -2.12. The van der Waals surface area contributed by atoms with Crippen LogP contribution in [-0.2, 0) is 4.84 Å². The van der Waals surface area contributed by atoms with E-state index in [1.54, 1.807) is 12.4 Å². The van der Waals surface area contributed by atoms with Crippen LogP contribution in [0.3, 0.4) is 0 Å². The minimum atomic E-state index is -0.125. The lowest BCUT2D eigenvalue weighted by Crippen LogP contribution is -2.08. The van der Waals surface area contributed by atoms with E-state index in [0.29, 0.717) is 18.1 Å². The van der Waals surface area contributed by atoms with Crippen LogP contribution in [0.4, 0.5) is 0 Å². The first kappa shape index (κ1) is 14.4. The van der Waals surface area contributed by atoms with Gasteiger partial charge in [0.25, 0.3) is 0 Å². The molecule has 2 heterocycles. The summed E-state index contributed by atoms with van der Waals surface area (Å²) < 4.78 is 11.3. The zero-order valence-corrected chi connectivity index (χ0v) is 12.6. The summed E-state index contributed by atoms with van der Waals surface area (Å²) in [5, 5.41) is 4.00. The van der Waals surface area contributed by atoms with E-state index < -0.39 is 0 Å². The number of hydrogen-bond acceptors (Lipinski definition) is 5.